The van der Waals surface area contributed by atoms with Gasteiger partial charge in [-0.2, -0.15) is 13.2 Å². The van der Waals surface area contributed by atoms with E-state index in [1.807, 2.05) is 0 Å². The molecule has 0 bridgehead atoms. The maximum absolute atomic E-state index is 13.2. The van der Waals surface area contributed by atoms with Crippen molar-refractivity contribution in [1.29, 1.82) is 0 Å². The Labute approximate surface area is 144 Å². The van der Waals surface area contributed by atoms with E-state index in [1.165, 1.54) is 24.5 Å². The van der Waals surface area contributed by atoms with Crippen molar-refractivity contribution in [2.45, 2.75) is 31.9 Å². The van der Waals surface area contributed by atoms with E-state index in [-0.39, 0.29) is 17.2 Å². The first-order chi connectivity index (χ1) is 12.0. The van der Waals surface area contributed by atoms with Gasteiger partial charge in [-0.1, -0.05) is 25.0 Å². The Bertz CT molecular complexity index is 724. The Morgan fingerprint density at radius 3 is 2.36 bits per heavy atom. The highest BCUT2D eigenvalue weighted by atomic mass is 19.4. The summed E-state index contributed by atoms with van der Waals surface area (Å²) in [5, 5.41) is 2.72. The number of hydrogen-bond acceptors (Lipinski definition) is 5. The van der Waals surface area contributed by atoms with Gasteiger partial charge in [0.25, 0.3) is 0 Å². The van der Waals surface area contributed by atoms with Crippen LogP contribution in [0.25, 0.3) is 0 Å². The first-order valence-corrected chi connectivity index (χ1v) is 8.25. The fourth-order valence-corrected chi connectivity index (χ4v) is 2.99. The predicted octanol–water partition coefficient (Wildman–Crippen LogP) is 4.20. The number of nitrogens with two attached hydrogens (primary N) is 1. The van der Waals surface area contributed by atoms with Crippen LogP contribution in [0.3, 0.4) is 0 Å². The number of nitrogen functional groups attached to an aromatic ring is 1. The molecule has 2 aromatic rings. The van der Waals surface area contributed by atoms with Crippen molar-refractivity contribution in [3.8, 4) is 0 Å². The van der Waals surface area contributed by atoms with Gasteiger partial charge >= 0.3 is 6.18 Å². The van der Waals surface area contributed by atoms with Gasteiger partial charge in [-0.25, -0.2) is 9.97 Å². The molecule has 8 heteroatoms. The van der Waals surface area contributed by atoms with Gasteiger partial charge in [0, 0.05) is 13.1 Å². The number of nitrogens with one attached hydrogen (secondary N) is 1. The minimum atomic E-state index is -4.46. The molecule has 1 aliphatic rings. The van der Waals surface area contributed by atoms with Crippen LogP contribution >= 0.6 is 0 Å². The fraction of sp³-hybridized carbons (Fsp3) is 0.412. The second-order valence-electron chi connectivity index (χ2n) is 6.03. The summed E-state index contributed by atoms with van der Waals surface area (Å²) >= 11 is 0. The minimum absolute atomic E-state index is 0.0813. The number of anilines is 4. The van der Waals surface area contributed by atoms with Gasteiger partial charge in [-0.15, -0.1) is 0 Å². The Morgan fingerprint density at radius 1 is 1.00 bits per heavy atom. The molecule has 134 valence electrons. The van der Waals surface area contributed by atoms with E-state index in [0.29, 0.717) is 5.82 Å². The zero-order valence-electron chi connectivity index (χ0n) is 13.7. The van der Waals surface area contributed by atoms with Gasteiger partial charge in [0.1, 0.15) is 12.0 Å². The number of hydrogen-bond donors (Lipinski definition) is 2. The lowest BCUT2D eigenvalue weighted by molar-refractivity contribution is -0.136. The maximum Gasteiger partial charge on any atom is 0.418 e. The number of benzene rings is 1. The van der Waals surface area contributed by atoms with Crippen LogP contribution in [0.5, 0.6) is 0 Å². The highest BCUT2D eigenvalue weighted by Crippen LogP contribution is 2.37. The number of rotatable bonds is 3. The Balaban J connectivity index is 1.91. The summed E-state index contributed by atoms with van der Waals surface area (Å²) < 4.78 is 39.5. The molecule has 0 saturated carbocycles. The molecule has 2 heterocycles. The van der Waals surface area contributed by atoms with E-state index < -0.39 is 11.7 Å². The molecule has 5 nitrogen and oxygen atoms in total. The zero-order valence-corrected chi connectivity index (χ0v) is 13.7. The van der Waals surface area contributed by atoms with Gasteiger partial charge in [0.05, 0.1) is 11.3 Å². The molecule has 1 fully saturated rings. The highest BCUT2D eigenvalue weighted by Gasteiger charge is 2.33. The second kappa shape index (κ2) is 7.16. The van der Waals surface area contributed by atoms with E-state index >= 15 is 0 Å². The van der Waals surface area contributed by atoms with E-state index in [1.54, 1.807) is 0 Å². The molecule has 0 spiro atoms. The summed E-state index contributed by atoms with van der Waals surface area (Å²) in [4.78, 5) is 10.4. The fourth-order valence-electron chi connectivity index (χ4n) is 2.99. The van der Waals surface area contributed by atoms with E-state index in [9.17, 15) is 13.2 Å². The first kappa shape index (κ1) is 17.3. The van der Waals surface area contributed by atoms with Crippen molar-refractivity contribution in [2.75, 3.05) is 29.0 Å². The molecule has 0 amide bonds. The second-order valence-corrected chi connectivity index (χ2v) is 6.03. The number of alkyl halides is 3. The molecular formula is C17H20F3N5. The van der Waals surface area contributed by atoms with Gasteiger partial charge in [-0.3, -0.25) is 0 Å². The van der Waals surface area contributed by atoms with Gasteiger partial charge < -0.3 is 16.0 Å². The lowest BCUT2D eigenvalue weighted by Gasteiger charge is -2.24. The van der Waals surface area contributed by atoms with Crippen LogP contribution in [0.4, 0.5) is 36.2 Å². The summed E-state index contributed by atoms with van der Waals surface area (Å²) in [6.45, 7) is 1.67. The summed E-state index contributed by atoms with van der Waals surface area (Å²) in [6.07, 6.45) is 1.28. The third-order valence-corrected chi connectivity index (χ3v) is 4.25. The minimum Gasteiger partial charge on any atom is -0.393 e. The molecule has 1 aromatic carbocycles. The molecule has 1 saturated heterocycles. The van der Waals surface area contributed by atoms with E-state index in [4.69, 9.17) is 5.73 Å². The van der Waals surface area contributed by atoms with E-state index in [0.717, 1.165) is 44.8 Å². The molecule has 25 heavy (non-hydrogen) atoms. The quantitative estimate of drug-likeness (QED) is 0.867. The largest absolute Gasteiger partial charge is 0.418 e. The summed E-state index contributed by atoms with van der Waals surface area (Å²) in [5.74, 6) is 0.759. The Hall–Kier alpha value is -2.51. The average Bonchev–Trinajstić information content (AvgIpc) is 2.85. The monoisotopic (exact) mass is 351 g/mol. The first-order valence-electron chi connectivity index (χ1n) is 8.25. The SMILES string of the molecule is Nc1c(Nc2ccccc2C(F)(F)F)ncnc1N1CCCCCC1. The van der Waals surface area contributed by atoms with Crippen molar-refractivity contribution in [2.24, 2.45) is 0 Å². The van der Waals surface area contributed by atoms with Gasteiger partial charge in [0.2, 0.25) is 0 Å². The molecule has 1 aliphatic heterocycles. The van der Waals surface area contributed by atoms with Crippen molar-refractivity contribution in [1.82, 2.24) is 9.97 Å². The molecular weight excluding hydrogens is 331 g/mol. The van der Waals surface area contributed by atoms with Crippen LogP contribution in [0.2, 0.25) is 0 Å². The number of aromatic nitrogens is 2. The lowest BCUT2D eigenvalue weighted by atomic mass is 10.1. The van der Waals surface area contributed by atoms with Crippen LogP contribution in [0, 0.1) is 0 Å². The Morgan fingerprint density at radius 2 is 1.68 bits per heavy atom. The average molecular weight is 351 g/mol. The molecule has 1 aromatic heterocycles. The number of nitrogens with zero attached hydrogens (tertiary/aromatic N) is 3. The number of para-hydroxylation sites is 1. The molecule has 3 rings (SSSR count). The maximum atomic E-state index is 13.2. The summed E-state index contributed by atoms with van der Waals surface area (Å²) in [5.41, 5.74) is 5.59. The van der Waals surface area contributed by atoms with Crippen LogP contribution in [-0.2, 0) is 6.18 Å². The predicted molar refractivity (Wildman–Crippen MR) is 91.9 cm³/mol. The zero-order chi connectivity index (χ0) is 17.9. The molecule has 0 unspecified atom stereocenters. The van der Waals surface area contributed by atoms with Crippen molar-refractivity contribution < 1.29 is 13.2 Å². The summed E-state index contributed by atoms with van der Waals surface area (Å²) in [6, 6.07) is 5.26. The normalized spacial score (nSPS) is 15.7. The van der Waals surface area contributed by atoms with E-state index in [2.05, 4.69) is 20.2 Å². The smallest absolute Gasteiger partial charge is 0.393 e. The topological polar surface area (TPSA) is 67.1 Å². The number of halogens is 3. The van der Waals surface area contributed by atoms with Crippen molar-refractivity contribution in [3.63, 3.8) is 0 Å². The van der Waals surface area contributed by atoms with Gasteiger partial charge in [0.15, 0.2) is 11.6 Å². The van der Waals surface area contributed by atoms with Crippen LogP contribution in [0.15, 0.2) is 30.6 Å². The molecule has 0 aliphatic carbocycles. The summed E-state index contributed by atoms with van der Waals surface area (Å²) in [7, 11) is 0. The molecule has 0 radical (unpaired) electrons. The van der Waals surface area contributed by atoms with Crippen LogP contribution < -0.4 is 16.0 Å². The molecule has 3 N–H and O–H groups in total. The third kappa shape index (κ3) is 3.94. The standard InChI is InChI=1S/C17H20F3N5/c18-17(19,20)12-7-3-4-8-13(12)24-15-14(21)16(23-11-22-15)25-9-5-1-2-6-10-25/h3-4,7-8,11H,1-2,5-6,9-10,21H2,(H,22,23,24). The highest BCUT2D eigenvalue weighted by molar-refractivity contribution is 5.79. The van der Waals surface area contributed by atoms with Crippen molar-refractivity contribution >= 4 is 23.0 Å². The van der Waals surface area contributed by atoms with Crippen molar-refractivity contribution in [3.05, 3.63) is 36.2 Å². The van der Waals surface area contributed by atoms with Crippen LogP contribution in [0.1, 0.15) is 31.2 Å². The van der Waals surface area contributed by atoms with Gasteiger partial charge in [-0.05, 0) is 25.0 Å². The third-order valence-electron chi connectivity index (χ3n) is 4.25. The lowest BCUT2D eigenvalue weighted by Crippen LogP contribution is -2.26. The molecule has 0 atom stereocenters. The Kier molecular flexibility index (Phi) is 4.96. The van der Waals surface area contributed by atoms with Crippen LogP contribution in [-0.4, -0.2) is 23.1 Å².